The molecule has 3 rings (SSSR count). The summed E-state index contributed by atoms with van der Waals surface area (Å²) in [7, 11) is -3.39. The Morgan fingerprint density at radius 2 is 1.69 bits per heavy atom. The van der Waals surface area contributed by atoms with E-state index in [1.54, 1.807) is 24.3 Å². The first-order valence-electron chi connectivity index (χ1n) is 8.83. The monoisotopic (exact) mass is 372 g/mol. The summed E-state index contributed by atoms with van der Waals surface area (Å²) in [4.78, 5) is 12.7. The molecule has 1 heterocycles. The van der Waals surface area contributed by atoms with Crippen LogP contribution in [-0.4, -0.2) is 31.7 Å². The van der Waals surface area contributed by atoms with Crippen molar-refractivity contribution in [2.45, 2.75) is 38.1 Å². The molecule has 0 spiro atoms. The van der Waals surface area contributed by atoms with E-state index in [1.165, 1.54) is 4.31 Å². The molecule has 0 aliphatic carbocycles. The molecule has 1 amide bonds. The highest BCUT2D eigenvalue weighted by molar-refractivity contribution is 7.89. The first-order valence-corrected chi connectivity index (χ1v) is 10.3. The summed E-state index contributed by atoms with van der Waals surface area (Å²) in [6.45, 7) is 5.45. The van der Waals surface area contributed by atoms with Crippen LogP contribution in [0.1, 0.15) is 39.9 Å². The van der Waals surface area contributed by atoms with Crippen molar-refractivity contribution >= 4 is 15.9 Å². The van der Waals surface area contributed by atoms with Gasteiger partial charge in [0.25, 0.3) is 5.91 Å². The molecule has 0 atom stereocenters. The molecule has 1 fully saturated rings. The summed E-state index contributed by atoms with van der Waals surface area (Å²) in [5.74, 6) is -0.125. The van der Waals surface area contributed by atoms with E-state index in [2.05, 4.69) is 5.32 Å². The molecule has 1 N–H and O–H groups in total. The van der Waals surface area contributed by atoms with Gasteiger partial charge >= 0.3 is 0 Å². The van der Waals surface area contributed by atoms with Crippen LogP contribution in [0.15, 0.2) is 47.4 Å². The van der Waals surface area contributed by atoms with Gasteiger partial charge in [-0.15, -0.1) is 0 Å². The fourth-order valence-electron chi connectivity index (χ4n) is 3.13. The molecule has 0 radical (unpaired) electrons. The molecule has 0 bridgehead atoms. The third kappa shape index (κ3) is 3.81. The lowest BCUT2D eigenvalue weighted by atomic mass is 10.0. The number of nitrogens with one attached hydrogen (secondary N) is 1. The Kier molecular flexibility index (Phi) is 5.44. The molecule has 5 nitrogen and oxygen atoms in total. The largest absolute Gasteiger partial charge is 0.348 e. The SMILES string of the molecule is Cc1cccc(C(=O)NCc2ccc(S(=O)(=O)N3CCCC3)cc2)c1C. The van der Waals surface area contributed by atoms with Gasteiger partial charge in [-0.25, -0.2) is 8.42 Å². The number of rotatable bonds is 5. The Morgan fingerprint density at radius 3 is 2.35 bits per heavy atom. The lowest BCUT2D eigenvalue weighted by Gasteiger charge is -2.15. The minimum atomic E-state index is -3.39. The Balaban J connectivity index is 1.66. The standard InChI is InChI=1S/C20H24N2O3S/c1-15-6-5-7-19(16(15)2)20(23)21-14-17-8-10-18(11-9-17)26(24,25)22-12-3-4-13-22/h5-11H,3-4,12-14H2,1-2H3,(H,21,23). The lowest BCUT2D eigenvalue weighted by Crippen LogP contribution is -2.28. The summed E-state index contributed by atoms with van der Waals surface area (Å²) < 4.78 is 26.6. The number of hydrogen-bond donors (Lipinski definition) is 1. The summed E-state index contributed by atoms with van der Waals surface area (Å²) in [5, 5.41) is 2.90. The van der Waals surface area contributed by atoms with Gasteiger partial charge in [-0.3, -0.25) is 4.79 Å². The maximum atomic E-state index is 12.5. The van der Waals surface area contributed by atoms with Crippen LogP contribution in [0.25, 0.3) is 0 Å². The van der Waals surface area contributed by atoms with Crippen LogP contribution in [0.3, 0.4) is 0 Å². The zero-order valence-electron chi connectivity index (χ0n) is 15.2. The molecule has 138 valence electrons. The predicted octanol–water partition coefficient (Wildman–Crippen LogP) is 3.02. The predicted molar refractivity (Wildman–Crippen MR) is 102 cm³/mol. The maximum absolute atomic E-state index is 12.5. The molecule has 0 aromatic heterocycles. The molecule has 26 heavy (non-hydrogen) atoms. The summed E-state index contributed by atoms with van der Waals surface area (Å²) in [6.07, 6.45) is 1.84. The van der Waals surface area contributed by atoms with Crippen LogP contribution < -0.4 is 5.32 Å². The van der Waals surface area contributed by atoms with Crippen LogP contribution in [0.2, 0.25) is 0 Å². The van der Waals surface area contributed by atoms with Gasteiger partial charge in [0.2, 0.25) is 10.0 Å². The Morgan fingerprint density at radius 1 is 1.04 bits per heavy atom. The topological polar surface area (TPSA) is 66.5 Å². The number of hydrogen-bond acceptors (Lipinski definition) is 3. The summed E-state index contributed by atoms with van der Waals surface area (Å²) >= 11 is 0. The number of nitrogens with zero attached hydrogens (tertiary/aromatic N) is 1. The van der Waals surface area contributed by atoms with Crippen molar-refractivity contribution in [3.05, 3.63) is 64.7 Å². The van der Waals surface area contributed by atoms with Gasteiger partial charge in [0, 0.05) is 25.2 Å². The van der Waals surface area contributed by atoms with Crippen molar-refractivity contribution in [1.82, 2.24) is 9.62 Å². The second-order valence-corrected chi connectivity index (χ2v) is 8.62. The van der Waals surface area contributed by atoms with Crippen molar-refractivity contribution in [1.29, 1.82) is 0 Å². The first-order chi connectivity index (χ1) is 12.4. The highest BCUT2D eigenvalue weighted by Crippen LogP contribution is 2.21. The maximum Gasteiger partial charge on any atom is 0.251 e. The van der Waals surface area contributed by atoms with Crippen LogP contribution >= 0.6 is 0 Å². The van der Waals surface area contributed by atoms with E-state index in [4.69, 9.17) is 0 Å². The number of carbonyl (C=O) groups is 1. The second-order valence-electron chi connectivity index (χ2n) is 6.69. The quantitative estimate of drug-likeness (QED) is 0.877. The van der Waals surface area contributed by atoms with Gasteiger partial charge in [0.15, 0.2) is 0 Å². The highest BCUT2D eigenvalue weighted by atomic mass is 32.2. The van der Waals surface area contributed by atoms with Gasteiger partial charge in [-0.1, -0.05) is 24.3 Å². The average Bonchev–Trinajstić information content (AvgIpc) is 3.18. The van der Waals surface area contributed by atoms with Crippen molar-refractivity contribution in [2.75, 3.05) is 13.1 Å². The normalized spacial score (nSPS) is 15.2. The van der Waals surface area contributed by atoms with E-state index in [-0.39, 0.29) is 5.91 Å². The zero-order chi connectivity index (χ0) is 18.7. The van der Waals surface area contributed by atoms with Crippen molar-refractivity contribution in [3.8, 4) is 0 Å². The van der Waals surface area contributed by atoms with E-state index in [0.717, 1.165) is 29.5 Å². The highest BCUT2D eigenvalue weighted by Gasteiger charge is 2.26. The molecular formula is C20H24N2O3S. The number of amides is 1. The van der Waals surface area contributed by atoms with Gasteiger partial charge in [0.05, 0.1) is 4.90 Å². The molecule has 0 saturated carbocycles. The number of sulfonamides is 1. The molecule has 1 saturated heterocycles. The van der Waals surface area contributed by atoms with Crippen LogP contribution in [-0.2, 0) is 16.6 Å². The van der Waals surface area contributed by atoms with Gasteiger partial charge in [0.1, 0.15) is 0 Å². The Hall–Kier alpha value is -2.18. The number of aryl methyl sites for hydroxylation is 1. The average molecular weight is 372 g/mol. The smallest absolute Gasteiger partial charge is 0.251 e. The fraction of sp³-hybridized carbons (Fsp3) is 0.350. The van der Waals surface area contributed by atoms with Crippen LogP contribution in [0, 0.1) is 13.8 Å². The van der Waals surface area contributed by atoms with E-state index < -0.39 is 10.0 Å². The first kappa shape index (κ1) is 18.6. The van der Waals surface area contributed by atoms with Crippen molar-refractivity contribution < 1.29 is 13.2 Å². The third-order valence-corrected chi connectivity index (χ3v) is 6.84. The molecule has 6 heteroatoms. The van der Waals surface area contributed by atoms with Gasteiger partial charge in [-0.05, 0) is 61.6 Å². The number of benzene rings is 2. The molecule has 0 unspecified atom stereocenters. The fourth-order valence-corrected chi connectivity index (χ4v) is 4.65. The van der Waals surface area contributed by atoms with Crippen molar-refractivity contribution in [2.24, 2.45) is 0 Å². The molecule has 1 aliphatic heterocycles. The molecule has 2 aromatic carbocycles. The molecular weight excluding hydrogens is 348 g/mol. The summed E-state index contributed by atoms with van der Waals surface area (Å²) in [5.41, 5.74) is 3.58. The van der Waals surface area contributed by atoms with Gasteiger partial charge < -0.3 is 5.32 Å². The van der Waals surface area contributed by atoms with Gasteiger partial charge in [-0.2, -0.15) is 4.31 Å². The zero-order valence-corrected chi connectivity index (χ0v) is 16.0. The minimum Gasteiger partial charge on any atom is -0.348 e. The molecule has 1 aliphatic rings. The van der Waals surface area contributed by atoms with Crippen molar-refractivity contribution in [3.63, 3.8) is 0 Å². The minimum absolute atomic E-state index is 0.125. The third-order valence-electron chi connectivity index (χ3n) is 4.93. The van der Waals surface area contributed by atoms with E-state index >= 15 is 0 Å². The van der Waals surface area contributed by atoms with E-state index in [0.29, 0.717) is 30.1 Å². The van der Waals surface area contributed by atoms with Crippen LogP contribution in [0.5, 0.6) is 0 Å². The van der Waals surface area contributed by atoms with Crippen LogP contribution in [0.4, 0.5) is 0 Å². The molecule has 2 aromatic rings. The van der Waals surface area contributed by atoms with E-state index in [1.807, 2.05) is 32.0 Å². The summed E-state index contributed by atoms with van der Waals surface area (Å²) in [6, 6.07) is 12.4. The number of carbonyl (C=O) groups excluding carboxylic acids is 1. The second kappa shape index (κ2) is 7.60. The van der Waals surface area contributed by atoms with E-state index in [9.17, 15) is 13.2 Å². The lowest BCUT2D eigenvalue weighted by molar-refractivity contribution is 0.0950. The Labute approximate surface area is 155 Å². The Bertz CT molecular complexity index is 899.